The van der Waals surface area contributed by atoms with E-state index in [1.807, 2.05) is 19.9 Å². The lowest BCUT2D eigenvalue weighted by Gasteiger charge is -2.19. The zero-order chi connectivity index (χ0) is 17.5. The van der Waals surface area contributed by atoms with Gasteiger partial charge in [0.25, 0.3) is 10.0 Å². The van der Waals surface area contributed by atoms with Gasteiger partial charge in [-0.05, 0) is 49.6 Å². The van der Waals surface area contributed by atoms with Gasteiger partial charge in [0.05, 0.1) is 4.90 Å². The highest BCUT2D eigenvalue weighted by Crippen LogP contribution is 2.30. The fourth-order valence-corrected chi connectivity index (χ4v) is 4.02. The first kappa shape index (κ1) is 16.5. The SMILES string of the molecule is Cc1ccc(NS(=O)(=O)c2cc3c(cc2C)CC(=O)CO3)cc1C. The number of aryl methyl sites for hydroxylation is 3. The van der Waals surface area contributed by atoms with Crippen LogP contribution in [0.15, 0.2) is 35.2 Å². The molecule has 24 heavy (non-hydrogen) atoms. The minimum atomic E-state index is -3.74. The van der Waals surface area contributed by atoms with Crippen molar-refractivity contribution in [3.05, 3.63) is 52.6 Å². The van der Waals surface area contributed by atoms with Crippen molar-refractivity contribution in [2.45, 2.75) is 32.1 Å². The van der Waals surface area contributed by atoms with E-state index in [1.165, 1.54) is 6.07 Å². The van der Waals surface area contributed by atoms with Gasteiger partial charge in [-0.25, -0.2) is 8.42 Å². The van der Waals surface area contributed by atoms with E-state index < -0.39 is 10.0 Å². The summed E-state index contributed by atoms with van der Waals surface area (Å²) >= 11 is 0. The van der Waals surface area contributed by atoms with E-state index >= 15 is 0 Å². The second kappa shape index (κ2) is 5.94. The largest absolute Gasteiger partial charge is 0.485 e. The van der Waals surface area contributed by atoms with Gasteiger partial charge in [0.1, 0.15) is 12.4 Å². The molecule has 0 radical (unpaired) electrons. The van der Waals surface area contributed by atoms with Gasteiger partial charge >= 0.3 is 0 Å². The van der Waals surface area contributed by atoms with Crippen molar-refractivity contribution in [2.24, 2.45) is 0 Å². The highest BCUT2D eigenvalue weighted by molar-refractivity contribution is 7.92. The van der Waals surface area contributed by atoms with E-state index in [4.69, 9.17) is 4.74 Å². The fraction of sp³-hybridized carbons (Fsp3) is 0.278. The van der Waals surface area contributed by atoms with Crippen molar-refractivity contribution in [2.75, 3.05) is 11.3 Å². The number of hydrogen-bond acceptors (Lipinski definition) is 4. The van der Waals surface area contributed by atoms with E-state index in [0.717, 1.165) is 16.7 Å². The second-order valence-corrected chi connectivity index (χ2v) is 7.78. The smallest absolute Gasteiger partial charge is 0.262 e. The summed E-state index contributed by atoms with van der Waals surface area (Å²) in [6.07, 6.45) is 0.279. The quantitative estimate of drug-likeness (QED) is 0.928. The van der Waals surface area contributed by atoms with Gasteiger partial charge < -0.3 is 4.74 Å². The number of carbonyl (C=O) groups excluding carboxylic acids is 1. The summed E-state index contributed by atoms with van der Waals surface area (Å²) in [7, 11) is -3.74. The molecular weight excluding hydrogens is 326 g/mol. The number of nitrogens with one attached hydrogen (secondary N) is 1. The number of hydrogen-bond donors (Lipinski definition) is 1. The van der Waals surface area contributed by atoms with Crippen LogP contribution in [-0.2, 0) is 21.2 Å². The zero-order valence-electron chi connectivity index (χ0n) is 13.8. The van der Waals surface area contributed by atoms with Gasteiger partial charge in [-0.3, -0.25) is 9.52 Å². The van der Waals surface area contributed by atoms with Crippen molar-refractivity contribution in [1.29, 1.82) is 0 Å². The van der Waals surface area contributed by atoms with Gasteiger partial charge in [0, 0.05) is 23.7 Å². The molecule has 2 aromatic rings. The molecule has 0 aromatic heterocycles. The van der Waals surface area contributed by atoms with Gasteiger partial charge in [-0.2, -0.15) is 0 Å². The monoisotopic (exact) mass is 345 g/mol. The van der Waals surface area contributed by atoms with Crippen molar-refractivity contribution >= 4 is 21.5 Å². The molecule has 3 rings (SSSR count). The van der Waals surface area contributed by atoms with Crippen molar-refractivity contribution in [3.63, 3.8) is 0 Å². The van der Waals surface area contributed by atoms with Crippen LogP contribution in [0.1, 0.15) is 22.3 Å². The summed E-state index contributed by atoms with van der Waals surface area (Å²) in [5, 5.41) is 0. The number of rotatable bonds is 3. The Morgan fingerprint density at radius 2 is 1.75 bits per heavy atom. The third-order valence-electron chi connectivity index (χ3n) is 4.18. The second-order valence-electron chi connectivity index (χ2n) is 6.13. The lowest BCUT2D eigenvalue weighted by molar-refractivity contribution is -0.121. The number of benzene rings is 2. The van der Waals surface area contributed by atoms with Crippen LogP contribution in [0.2, 0.25) is 0 Å². The standard InChI is InChI=1S/C18H19NO4S/c1-11-4-5-15(7-12(11)2)19-24(21,22)18-9-17-14(6-13(18)3)8-16(20)10-23-17/h4-7,9,19H,8,10H2,1-3H3. The van der Waals surface area contributed by atoms with Crippen LogP contribution in [0.5, 0.6) is 5.75 Å². The third-order valence-corrected chi connectivity index (χ3v) is 5.71. The van der Waals surface area contributed by atoms with Gasteiger partial charge in [0.2, 0.25) is 0 Å². The van der Waals surface area contributed by atoms with Crippen molar-refractivity contribution < 1.29 is 17.9 Å². The lowest BCUT2D eigenvalue weighted by atomic mass is 10.0. The van der Waals surface area contributed by atoms with Gasteiger partial charge in [-0.15, -0.1) is 0 Å². The Morgan fingerprint density at radius 1 is 1.00 bits per heavy atom. The maximum Gasteiger partial charge on any atom is 0.262 e. The molecule has 0 spiro atoms. The summed E-state index contributed by atoms with van der Waals surface area (Å²) in [6.45, 7) is 5.61. The van der Waals surface area contributed by atoms with Crippen LogP contribution >= 0.6 is 0 Å². The topological polar surface area (TPSA) is 72.5 Å². The van der Waals surface area contributed by atoms with Crippen LogP contribution < -0.4 is 9.46 Å². The fourth-order valence-electron chi connectivity index (χ4n) is 2.73. The highest BCUT2D eigenvalue weighted by Gasteiger charge is 2.24. The molecule has 0 bridgehead atoms. The van der Waals surface area contributed by atoms with E-state index in [-0.39, 0.29) is 23.7 Å². The Balaban J connectivity index is 1.97. The van der Waals surface area contributed by atoms with Crippen LogP contribution in [0.4, 0.5) is 5.69 Å². The Hall–Kier alpha value is -2.34. The molecule has 0 aliphatic carbocycles. The van der Waals surface area contributed by atoms with E-state index in [2.05, 4.69) is 4.72 Å². The molecular formula is C18H19NO4S. The van der Waals surface area contributed by atoms with Crippen LogP contribution in [0, 0.1) is 20.8 Å². The van der Waals surface area contributed by atoms with E-state index in [9.17, 15) is 13.2 Å². The number of Topliss-reactive ketones (excluding diaryl/α,β-unsaturated/α-hetero) is 1. The van der Waals surface area contributed by atoms with Crippen LogP contribution in [0.25, 0.3) is 0 Å². The number of anilines is 1. The number of fused-ring (bicyclic) bond motifs is 1. The number of carbonyl (C=O) groups is 1. The lowest BCUT2D eigenvalue weighted by Crippen LogP contribution is -2.22. The Bertz CT molecular complexity index is 932. The number of ether oxygens (including phenoxy) is 1. The molecule has 1 aliphatic heterocycles. The normalized spacial score (nSPS) is 14.0. The molecule has 0 saturated heterocycles. The summed E-state index contributed by atoms with van der Waals surface area (Å²) in [6, 6.07) is 8.63. The molecule has 0 amide bonds. The Labute approximate surface area is 141 Å². The first-order valence-electron chi connectivity index (χ1n) is 7.64. The first-order chi connectivity index (χ1) is 11.3. The maximum absolute atomic E-state index is 12.7. The average Bonchev–Trinajstić information content (AvgIpc) is 2.49. The minimum absolute atomic E-state index is 0.00855. The van der Waals surface area contributed by atoms with Crippen LogP contribution in [0.3, 0.4) is 0 Å². The molecule has 0 saturated carbocycles. The number of ketones is 1. The first-order valence-corrected chi connectivity index (χ1v) is 9.13. The third kappa shape index (κ3) is 3.14. The molecule has 0 fully saturated rings. The predicted octanol–water partition coefficient (Wildman–Crippen LogP) is 2.92. The van der Waals surface area contributed by atoms with E-state index in [1.54, 1.807) is 25.1 Å². The molecule has 2 aromatic carbocycles. The Morgan fingerprint density at radius 3 is 2.46 bits per heavy atom. The maximum atomic E-state index is 12.7. The molecule has 1 aliphatic rings. The summed E-state index contributed by atoms with van der Waals surface area (Å²) in [5.74, 6) is 0.450. The summed E-state index contributed by atoms with van der Waals surface area (Å²) in [5.41, 5.74) is 3.95. The van der Waals surface area contributed by atoms with Crippen LogP contribution in [-0.4, -0.2) is 20.8 Å². The molecule has 6 heteroatoms. The molecule has 0 atom stereocenters. The van der Waals surface area contributed by atoms with Gasteiger partial charge in [0.15, 0.2) is 5.78 Å². The summed E-state index contributed by atoms with van der Waals surface area (Å²) < 4.78 is 33.4. The highest BCUT2D eigenvalue weighted by atomic mass is 32.2. The van der Waals surface area contributed by atoms with Gasteiger partial charge in [-0.1, -0.05) is 12.1 Å². The molecule has 0 unspecified atom stereocenters. The molecule has 5 nitrogen and oxygen atoms in total. The van der Waals surface area contributed by atoms with E-state index in [0.29, 0.717) is 17.0 Å². The zero-order valence-corrected chi connectivity index (χ0v) is 14.7. The predicted molar refractivity (Wildman–Crippen MR) is 92.1 cm³/mol. The minimum Gasteiger partial charge on any atom is -0.485 e. The average molecular weight is 345 g/mol. The van der Waals surface area contributed by atoms with Crippen molar-refractivity contribution in [1.82, 2.24) is 0 Å². The number of sulfonamides is 1. The summed E-state index contributed by atoms with van der Waals surface area (Å²) in [4.78, 5) is 11.6. The molecule has 126 valence electrons. The van der Waals surface area contributed by atoms with Crippen molar-refractivity contribution in [3.8, 4) is 5.75 Å². The Kier molecular flexibility index (Phi) is 4.09. The molecule has 1 N–H and O–H groups in total. The molecule has 1 heterocycles.